The molecule has 0 aliphatic heterocycles. The molecule has 0 rings (SSSR count). The molecule has 22 heavy (non-hydrogen) atoms. The topological polar surface area (TPSA) is 4.44 Å². The van der Waals surface area contributed by atoms with Crippen LogP contribution in [0, 0.1) is 0 Å². The van der Waals surface area contributed by atoms with Gasteiger partial charge in [0.1, 0.15) is 0 Å². The van der Waals surface area contributed by atoms with Gasteiger partial charge in [0.15, 0.2) is 0 Å². The first-order valence-corrected chi connectivity index (χ1v) is 11.9. The van der Waals surface area contributed by atoms with Gasteiger partial charge >= 0.3 is 0 Å². The summed E-state index contributed by atoms with van der Waals surface area (Å²) in [5.74, 6) is 0. The van der Waals surface area contributed by atoms with Gasteiger partial charge in [-0.3, -0.25) is 0 Å². The summed E-state index contributed by atoms with van der Waals surface area (Å²) in [6.45, 7) is 8.76. The molecule has 0 saturated heterocycles. The number of halogens is 4. The summed E-state index contributed by atoms with van der Waals surface area (Å²) >= 11 is 7.34. The van der Waals surface area contributed by atoms with Crippen molar-refractivity contribution in [3.8, 4) is 0 Å². The quantitative estimate of drug-likeness (QED) is 0.209. The number of nitrogens with one attached hydrogen (secondary N) is 1. The lowest BCUT2D eigenvalue weighted by Gasteiger charge is -2.17. The molecular weight excluding hydrogens is 679 g/mol. The zero-order chi connectivity index (χ0) is 15.9. The zero-order valence-corrected chi connectivity index (χ0v) is 22.3. The Morgan fingerprint density at radius 2 is 1.14 bits per heavy atom. The minimum atomic E-state index is 0. The summed E-state index contributed by atoms with van der Waals surface area (Å²) in [5, 5.41) is 0. The van der Waals surface area contributed by atoms with Crippen molar-refractivity contribution in [2.24, 2.45) is 0 Å². The summed E-state index contributed by atoms with van der Waals surface area (Å²) in [6.07, 6.45) is 13.9. The third-order valence-corrected chi connectivity index (χ3v) is 8.28. The SMILES string of the molecule is CCC[NH+](CCC)CCCCCCCCCC(I)=C(I)I.[Br-]. The minimum Gasteiger partial charge on any atom is -1.00 e. The molecule has 0 aromatic heterocycles. The highest BCUT2D eigenvalue weighted by atomic mass is 127. The van der Waals surface area contributed by atoms with Gasteiger partial charge in [-0.2, -0.15) is 0 Å². The van der Waals surface area contributed by atoms with Crippen molar-refractivity contribution in [3.63, 3.8) is 0 Å². The standard InChI is InChI=1S/C17H32I3N.BrH/c1-3-13-21(14-4-2)15-11-9-7-5-6-8-10-12-16(18)17(19)20;/h3-15H2,1-2H3;1H. The van der Waals surface area contributed by atoms with Crippen LogP contribution in [0.15, 0.2) is 5.17 Å². The third-order valence-electron chi connectivity index (χ3n) is 3.84. The van der Waals surface area contributed by atoms with Crippen molar-refractivity contribution in [2.45, 2.75) is 78.1 Å². The van der Waals surface area contributed by atoms with E-state index in [1.807, 2.05) is 4.90 Å². The molecule has 0 aromatic rings. The highest BCUT2D eigenvalue weighted by molar-refractivity contribution is 14.2. The molecule has 0 unspecified atom stereocenters. The summed E-state index contributed by atoms with van der Waals surface area (Å²) < 4.78 is 2.99. The smallest absolute Gasteiger partial charge is 0.0770 e. The Bertz CT molecular complexity index is 263. The molecule has 0 radical (unpaired) electrons. The summed E-state index contributed by atoms with van der Waals surface area (Å²) in [5.41, 5.74) is 0. The average molecular weight is 712 g/mol. The molecule has 0 heterocycles. The lowest BCUT2D eigenvalue weighted by molar-refractivity contribution is -0.900. The maximum atomic E-state index is 2.49. The monoisotopic (exact) mass is 711 g/mol. The van der Waals surface area contributed by atoms with Crippen LogP contribution in [0.5, 0.6) is 0 Å². The van der Waals surface area contributed by atoms with Gasteiger partial charge in [0.05, 0.1) is 21.2 Å². The van der Waals surface area contributed by atoms with Gasteiger partial charge in [-0.15, -0.1) is 0 Å². The zero-order valence-electron chi connectivity index (χ0n) is 14.2. The van der Waals surface area contributed by atoms with Crippen molar-refractivity contribution in [3.05, 3.63) is 5.17 Å². The van der Waals surface area contributed by atoms with E-state index >= 15 is 0 Å². The van der Waals surface area contributed by atoms with E-state index in [0.29, 0.717) is 0 Å². The van der Waals surface area contributed by atoms with Crippen molar-refractivity contribution < 1.29 is 21.9 Å². The van der Waals surface area contributed by atoms with E-state index in [-0.39, 0.29) is 17.0 Å². The van der Waals surface area contributed by atoms with E-state index in [0.717, 1.165) is 0 Å². The van der Waals surface area contributed by atoms with E-state index < -0.39 is 0 Å². The van der Waals surface area contributed by atoms with E-state index in [1.165, 1.54) is 85.4 Å². The van der Waals surface area contributed by atoms with Gasteiger partial charge < -0.3 is 21.9 Å². The second kappa shape index (κ2) is 19.7. The van der Waals surface area contributed by atoms with E-state index in [2.05, 4.69) is 81.6 Å². The Kier molecular flexibility index (Phi) is 23.8. The molecule has 1 nitrogen and oxygen atoms in total. The molecule has 0 aliphatic carbocycles. The maximum absolute atomic E-state index is 2.49. The fraction of sp³-hybridized carbons (Fsp3) is 0.882. The molecule has 0 atom stereocenters. The first-order valence-electron chi connectivity index (χ1n) is 8.65. The predicted octanol–water partition coefficient (Wildman–Crippen LogP) is 3.29. The van der Waals surface area contributed by atoms with Crippen LogP contribution in [-0.2, 0) is 0 Å². The molecule has 0 bridgehead atoms. The van der Waals surface area contributed by atoms with Crippen molar-refractivity contribution in [2.75, 3.05) is 19.6 Å². The minimum absolute atomic E-state index is 0. The fourth-order valence-electron chi connectivity index (χ4n) is 2.72. The van der Waals surface area contributed by atoms with Crippen LogP contribution in [0.25, 0.3) is 0 Å². The summed E-state index contributed by atoms with van der Waals surface area (Å²) in [7, 11) is 0. The second-order valence-corrected chi connectivity index (χ2v) is 11.4. The van der Waals surface area contributed by atoms with Crippen LogP contribution in [0.4, 0.5) is 0 Å². The van der Waals surface area contributed by atoms with Gasteiger partial charge in [0.25, 0.3) is 0 Å². The number of hydrogen-bond donors (Lipinski definition) is 1. The van der Waals surface area contributed by atoms with E-state index in [4.69, 9.17) is 0 Å². The number of hydrogen-bond acceptors (Lipinski definition) is 0. The van der Waals surface area contributed by atoms with Crippen LogP contribution in [-0.4, -0.2) is 19.6 Å². The number of allylic oxidation sites excluding steroid dienone is 1. The number of rotatable bonds is 14. The third kappa shape index (κ3) is 17.2. The van der Waals surface area contributed by atoms with Gasteiger partial charge in [-0.05, 0) is 106 Å². The Balaban J connectivity index is 0. The summed E-state index contributed by atoms with van der Waals surface area (Å²) in [4.78, 5) is 1.83. The first-order chi connectivity index (χ1) is 10.1. The van der Waals surface area contributed by atoms with Crippen LogP contribution in [0.3, 0.4) is 0 Å². The largest absolute Gasteiger partial charge is 1.00 e. The highest BCUT2D eigenvalue weighted by Crippen LogP contribution is 2.29. The molecule has 134 valence electrons. The van der Waals surface area contributed by atoms with Crippen molar-refractivity contribution in [1.29, 1.82) is 0 Å². The van der Waals surface area contributed by atoms with Crippen LogP contribution in [0.2, 0.25) is 0 Å². The fourth-order valence-corrected chi connectivity index (χ4v) is 3.64. The molecule has 0 spiro atoms. The lowest BCUT2D eigenvalue weighted by Crippen LogP contribution is -3.12. The lowest BCUT2D eigenvalue weighted by atomic mass is 10.1. The van der Waals surface area contributed by atoms with Gasteiger partial charge in [0, 0.05) is 3.58 Å². The number of quaternary nitrogens is 1. The molecule has 0 aromatic carbocycles. The molecule has 5 heteroatoms. The molecule has 1 N–H and O–H groups in total. The van der Waals surface area contributed by atoms with Gasteiger partial charge in [-0.1, -0.05) is 39.5 Å². The number of unbranched alkanes of at least 4 members (excludes halogenated alkanes) is 6. The Hall–Kier alpha value is 2.37. The van der Waals surface area contributed by atoms with Crippen molar-refractivity contribution in [1.82, 2.24) is 0 Å². The van der Waals surface area contributed by atoms with E-state index in [9.17, 15) is 0 Å². The Morgan fingerprint density at radius 3 is 1.59 bits per heavy atom. The maximum Gasteiger partial charge on any atom is 0.0770 e. The van der Waals surface area contributed by atoms with E-state index in [1.54, 1.807) is 3.58 Å². The molecule has 0 fully saturated rings. The molecule has 0 aliphatic rings. The average Bonchev–Trinajstić information content (AvgIpc) is 2.45. The Labute approximate surface area is 190 Å². The highest BCUT2D eigenvalue weighted by Gasteiger charge is 2.04. The normalized spacial score (nSPS) is 10.6. The van der Waals surface area contributed by atoms with Gasteiger partial charge in [-0.25, -0.2) is 0 Å². The first kappa shape index (κ1) is 26.6. The Morgan fingerprint density at radius 1 is 0.682 bits per heavy atom. The summed E-state index contributed by atoms with van der Waals surface area (Å²) in [6, 6.07) is 0. The molecule has 0 amide bonds. The van der Waals surface area contributed by atoms with Gasteiger partial charge in [0.2, 0.25) is 0 Å². The predicted molar refractivity (Wildman–Crippen MR) is 122 cm³/mol. The molecular formula is C17H33BrI3N. The van der Waals surface area contributed by atoms with Crippen LogP contribution < -0.4 is 21.9 Å². The molecule has 0 saturated carbocycles. The van der Waals surface area contributed by atoms with Crippen molar-refractivity contribution >= 4 is 67.8 Å². The van der Waals surface area contributed by atoms with Crippen LogP contribution >= 0.6 is 67.8 Å². The van der Waals surface area contributed by atoms with Crippen LogP contribution in [0.1, 0.15) is 78.1 Å². The second-order valence-electron chi connectivity index (χ2n) is 5.89.